The van der Waals surface area contributed by atoms with Gasteiger partial charge < -0.3 is 4.74 Å². The lowest BCUT2D eigenvalue weighted by molar-refractivity contribution is 0.101. The van der Waals surface area contributed by atoms with E-state index in [2.05, 4.69) is 4.98 Å². The van der Waals surface area contributed by atoms with Crippen LogP contribution in [0.5, 0.6) is 5.75 Å². The molecule has 98 valence electrons. The van der Waals surface area contributed by atoms with Crippen molar-refractivity contribution in [3.63, 3.8) is 0 Å². The number of aromatic nitrogens is 1. The second-order valence-corrected chi connectivity index (χ2v) is 5.07. The van der Waals surface area contributed by atoms with Crippen molar-refractivity contribution < 1.29 is 9.53 Å². The van der Waals surface area contributed by atoms with E-state index in [0.717, 1.165) is 0 Å². The van der Waals surface area contributed by atoms with Gasteiger partial charge in [-0.1, -0.05) is 35.5 Å². The lowest BCUT2D eigenvalue weighted by Gasteiger charge is -2.07. The number of thioether (sulfide) groups is 1. The summed E-state index contributed by atoms with van der Waals surface area (Å²) in [5, 5.41) is 1.22. The quantitative estimate of drug-likeness (QED) is 0.622. The van der Waals surface area contributed by atoms with E-state index < -0.39 is 0 Å². The van der Waals surface area contributed by atoms with Gasteiger partial charge >= 0.3 is 0 Å². The first-order chi connectivity index (χ1) is 9.22. The molecule has 0 atom stereocenters. The van der Waals surface area contributed by atoms with E-state index >= 15 is 0 Å². The normalized spacial score (nSPS) is 10.2. The number of methoxy groups -OCH3 is 1. The maximum atomic E-state index is 12.1. The fourth-order valence-electron chi connectivity index (χ4n) is 1.56. The molecule has 0 amide bonds. The van der Waals surface area contributed by atoms with Crippen LogP contribution in [0.25, 0.3) is 0 Å². The molecule has 0 aliphatic heterocycles. The van der Waals surface area contributed by atoms with Gasteiger partial charge in [0.1, 0.15) is 10.8 Å². The Kier molecular flexibility index (Phi) is 4.82. The summed E-state index contributed by atoms with van der Waals surface area (Å²) in [6.45, 7) is 0. The Hall–Kier alpha value is -1.52. The van der Waals surface area contributed by atoms with E-state index in [4.69, 9.17) is 16.3 Å². The van der Waals surface area contributed by atoms with Gasteiger partial charge in [-0.25, -0.2) is 4.98 Å². The summed E-state index contributed by atoms with van der Waals surface area (Å²) in [5.41, 5.74) is 0.574. The molecule has 0 spiro atoms. The zero-order valence-electron chi connectivity index (χ0n) is 10.3. The zero-order chi connectivity index (χ0) is 13.7. The van der Waals surface area contributed by atoms with Crippen LogP contribution in [0.15, 0.2) is 47.6 Å². The molecule has 3 nitrogen and oxygen atoms in total. The highest BCUT2D eigenvalue weighted by Gasteiger charge is 2.13. The number of hydrogen-bond acceptors (Lipinski definition) is 4. The summed E-state index contributed by atoms with van der Waals surface area (Å²) in [6, 6.07) is 10.7. The van der Waals surface area contributed by atoms with Crippen LogP contribution in [0.4, 0.5) is 0 Å². The number of Topliss-reactive ketones (excluding diaryl/α,β-unsaturated/α-hetero) is 1. The summed E-state index contributed by atoms with van der Waals surface area (Å²) >= 11 is 7.31. The molecule has 0 bridgehead atoms. The molecular formula is C14H12ClNO2S. The molecule has 1 aromatic heterocycles. The lowest BCUT2D eigenvalue weighted by atomic mass is 10.1. The first kappa shape index (κ1) is 13.9. The largest absolute Gasteiger partial charge is 0.496 e. The van der Waals surface area contributed by atoms with Gasteiger partial charge in [0, 0.05) is 6.20 Å². The third-order valence-corrected chi connectivity index (χ3v) is 3.89. The van der Waals surface area contributed by atoms with Crippen molar-refractivity contribution in [2.45, 2.75) is 5.03 Å². The van der Waals surface area contributed by atoms with Gasteiger partial charge in [-0.05, 0) is 24.3 Å². The van der Waals surface area contributed by atoms with Crippen LogP contribution in [-0.4, -0.2) is 23.6 Å². The van der Waals surface area contributed by atoms with Gasteiger partial charge in [0.2, 0.25) is 0 Å². The van der Waals surface area contributed by atoms with Crippen LogP contribution < -0.4 is 4.74 Å². The lowest BCUT2D eigenvalue weighted by Crippen LogP contribution is -2.05. The highest BCUT2D eigenvalue weighted by Crippen LogP contribution is 2.26. The molecule has 0 N–H and O–H groups in total. The average molecular weight is 294 g/mol. The van der Waals surface area contributed by atoms with Crippen molar-refractivity contribution in [3.8, 4) is 5.75 Å². The molecule has 0 unspecified atom stereocenters. The summed E-state index contributed by atoms with van der Waals surface area (Å²) in [7, 11) is 1.55. The van der Waals surface area contributed by atoms with Crippen LogP contribution in [-0.2, 0) is 0 Å². The fourth-order valence-corrected chi connectivity index (χ4v) is 2.61. The van der Waals surface area contributed by atoms with Crippen LogP contribution in [0.1, 0.15) is 10.4 Å². The van der Waals surface area contributed by atoms with Gasteiger partial charge in [0.05, 0.1) is 23.4 Å². The maximum Gasteiger partial charge on any atom is 0.176 e. The van der Waals surface area contributed by atoms with Crippen molar-refractivity contribution in [2.75, 3.05) is 12.9 Å². The highest BCUT2D eigenvalue weighted by molar-refractivity contribution is 8.00. The van der Waals surface area contributed by atoms with Crippen molar-refractivity contribution in [3.05, 3.63) is 53.2 Å². The number of benzene rings is 1. The molecular weight excluding hydrogens is 282 g/mol. The minimum Gasteiger partial charge on any atom is -0.496 e. The predicted octanol–water partition coefficient (Wildman–Crippen LogP) is 3.72. The van der Waals surface area contributed by atoms with E-state index in [1.807, 2.05) is 12.1 Å². The molecule has 19 heavy (non-hydrogen) atoms. The Morgan fingerprint density at radius 3 is 2.84 bits per heavy atom. The van der Waals surface area contributed by atoms with Crippen molar-refractivity contribution in [2.24, 2.45) is 0 Å². The number of hydrogen-bond donors (Lipinski definition) is 0. The number of carbonyl (C=O) groups is 1. The number of halogens is 1. The zero-order valence-corrected chi connectivity index (χ0v) is 11.9. The van der Waals surface area contributed by atoms with E-state index in [9.17, 15) is 4.79 Å². The maximum absolute atomic E-state index is 12.1. The Bertz CT molecular complexity index is 589. The molecule has 1 aromatic carbocycles. The summed E-state index contributed by atoms with van der Waals surface area (Å²) < 4.78 is 5.17. The number of nitrogens with zero attached hydrogens (tertiary/aromatic N) is 1. The van der Waals surface area contributed by atoms with Gasteiger partial charge in [-0.2, -0.15) is 0 Å². The molecule has 0 fully saturated rings. The molecule has 1 heterocycles. The minimum atomic E-state index is -0.0100. The van der Waals surface area contributed by atoms with Crippen LogP contribution in [0.3, 0.4) is 0 Å². The number of ether oxygens (including phenoxy) is 1. The topological polar surface area (TPSA) is 39.2 Å². The molecule has 5 heteroatoms. The number of rotatable bonds is 5. The molecule has 2 aromatic rings. The standard InChI is InChI=1S/C14H12ClNO2S/c1-18-13-7-3-2-5-10(13)12(17)9-19-14-11(15)6-4-8-16-14/h2-8H,9H2,1H3. The molecule has 0 saturated heterocycles. The van der Waals surface area contributed by atoms with E-state index in [1.54, 1.807) is 37.6 Å². The summed E-state index contributed by atoms with van der Waals surface area (Å²) in [4.78, 5) is 16.3. The number of pyridine rings is 1. The first-order valence-corrected chi connectivity index (χ1v) is 6.98. The molecule has 0 aliphatic rings. The van der Waals surface area contributed by atoms with Gasteiger partial charge in [0.25, 0.3) is 0 Å². The number of carbonyl (C=O) groups excluding carboxylic acids is 1. The van der Waals surface area contributed by atoms with Crippen molar-refractivity contribution in [1.82, 2.24) is 4.98 Å². The van der Waals surface area contributed by atoms with Gasteiger partial charge in [-0.15, -0.1) is 0 Å². The van der Waals surface area contributed by atoms with E-state index in [0.29, 0.717) is 21.4 Å². The predicted molar refractivity (Wildman–Crippen MR) is 77.3 cm³/mol. The Labute approximate surface area is 121 Å². The van der Waals surface area contributed by atoms with Crippen LogP contribution in [0.2, 0.25) is 5.02 Å². The number of ketones is 1. The Morgan fingerprint density at radius 2 is 2.11 bits per heavy atom. The monoisotopic (exact) mass is 293 g/mol. The highest BCUT2D eigenvalue weighted by atomic mass is 35.5. The third-order valence-electron chi connectivity index (χ3n) is 2.47. The van der Waals surface area contributed by atoms with Crippen molar-refractivity contribution >= 4 is 29.1 Å². The second-order valence-electron chi connectivity index (χ2n) is 3.70. The Morgan fingerprint density at radius 1 is 1.32 bits per heavy atom. The smallest absolute Gasteiger partial charge is 0.176 e. The molecule has 0 saturated carbocycles. The van der Waals surface area contributed by atoms with Gasteiger partial charge in [-0.3, -0.25) is 4.79 Å². The third kappa shape index (κ3) is 3.49. The van der Waals surface area contributed by atoms with Crippen molar-refractivity contribution in [1.29, 1.82) is 0 Å². The fraction of sp³-hybridized carbons (Fsp3) is 0.143. The van der Waals surface area contributed by atoms with Gasteiger partial charge in [0.15, 0.2) is 5.78 Å². The molecule has 2 rings (SSSR count). The minimum absolute atomic E-state index is 0.0100. The average Bonchev–Trinajstić information content (AvgIpc) is 2.46. The molecule has 0 aliphatic carbocycles. The second kappa shape index (κ2) is 6.59. The SMILES string of the molecule is COc1ccccc1C(=O)CSc1ncccc1Cl. The van der Waals surface area contributed by atoms with Crippen LogP contribution >= 0.6 is 23.4 Å². The molecule has 0 radical (unpaired) electrons. The van der Waals surface area contributed by atoms with Crippen LogP contribution in [0, 0.1) is 0 Å². The summed E-state index contributed by atoms with van der Waals surface area (Å²) in [5.74, 6) is 0.848. The van der Waals surface area contributed by atoms with E-state index in [-0.39, 0.29) is 11.5 Å². The first-order valence-electron chi connectivity index (χ1n) is 5.62. The van der Waals surface area contributed by atoms with E-state index in [1.165, 1.54) is 11.8 Å². The Balaban J connectivity index is 2.08. The summed E-state index contributed by atoms with van der Waals surface area (Å²) in [6.07, 6.45) is 1.65. The number of para-hydroxylation sites is 1.